The Morgan fingerprint density at radius 1 is 1.22 bits per heavy atom. The van der Waals surface area contributed by atoms with Gasteiger partial charge in [-0.05, 0) is 70.9 Å². The first-order chi connectivity index (χ1) is 11.1. The van der Waals surface area contributed by atoms with Crippen LogP contribution in [0, 0.1) is 0 Å². The van der Waals surface area contributed by atoms with Crippen LogP contribution < -0.4 is 10.1 Å². The Labute approximate surface area is 144 Å². The summed E-state index contributed by atoms with van der Waals surface area (Å²) in [5, 5.41) is 2.97. The lowest BCUT2D eigenvalue weighted by Crippen LogP contribution is -2.26. The highest BCUT2D eigenvalue weighted by atomic mass is 79.9. The fourth-order valence-corrected chi connectivity index (χ4v) is 3.33. The number of halogens is 1. The van der Waals surface area contributed by atoms with Gasteiger partial charge in [0.15, 0.2) is 0 Å². The highest BCUT2D eigenvalue weighted by Gasteiger charge is 2.15. The van der Waals surface area contributed by atoms with Crippen molar-refractivity contribution in [2.75, 3.05) is 26.0 Å². The summed E-state index contributed by atoms with van der Waals surface area (Å²) in [5.41, 5.74) is 4.07. The maximum atomic E-state index is 12.4. The van der Waals surface area contributed by atoms with E-state index in [1.165, 1.54) is 11.1 Å². The third kappa shape index (κ3) is 3.57. The van der Waals surface area contributed by atoms with E-state index in [1.807, 2.05) is 6.07 Å². The number of hydrogen-bond donors (Lipinski definition) is 1. The predicted molar refractivity (Wildman–Crippen MR) is 95.1 cm³/mol. The number of fused-ring (bicyclic) bond motifs is 1. The van der Waals surface area contributed by atoms with Gasteiger partial charge in [0.2, 0.25) is 0 Å². The Bertz CT molecular complexity index is 746. The van der Waals surface area contributed by atoms with Crippen LogP contribution in [0.1, 0.15) is 21.5 Å². The molecule has 0 bridgehead atoms. The van der Waals surface area contributed by atoms with Gasteiger partial charge in [-0.2, -0.15) is 0 Å². The van der Waals surface area contributed by atoms with Crippen molar-refractivity contribution < 1.29 is 9.53 Å². The van der Waals surface area contributed by atoms with Crippen LogP contribution >= 0.6 is 15.9 Å². The average molecular weight is 375 g/mol. The zero-order chi connectivity index (χ0) is 16.4. The molecule has 0 atom stereocenters. The van der Waals surface area contributed by atoms with E-state index in [-0.39, 0.29) is 5.91 Å². The van der Waals surface area contributed by atoms with Crippen LogP contribution in [0.3, 0.4) is 0 Å². The number of likely N-dealkylation sites (N-methyl/N-ethyl adjacent to an activating group) is 1. The maximum absolute atomic E-state index is 12.4. The van der Waals surface area contributed by atoms with Gasteiger partial charge in [-0.1, -0.05) is 6.07 Å². The van der Waals surface area contributed by atoms with Crippen LogP contribution in [0.25, 0.3) is 0 Å². The van der Waals surface area contributed by atoms with E-state index in [4.69, 9.17) is 4.74 Å². The molecule has 1 N–H and O–H groups in total. The molecule has 0 aromatic heterocycles. The van der Waals surface area contributed by atoms with Crippen molar-refractivity contribution in [1.82, 2.24) is 4.90 Å². The summed E-state index contributed by atoms with van der Waals surface area (Å²) in [5.74, 6) is 0.579. The standard InChI is InChI=1S/C18H19BrN2O2/c1-21-8-7-12-3-5-15(9-14(12)11-21)20-18(22)13-4-6-17(23-2)16(19)10-13/h3-6,9-10H,7-8,11H2,1-2H3,(H,20,22). The molecule has 2 aromatic carbocycles. The van der Waals surface area contributed by atoms with E-state index >= 15 is 0 Å². The van der Waals surface area contributed by atoms with Crippen molar-refractivity contribution in [3.63, 3.8) is 0 Å². The maximum Gasteiger partial charge on any atom is 0.255 e. The lowest BCUT2D eigenvalue weighted by atomic mass is 9.99. The number of ether oxygens (including phenoxy) is 1. The molecule has 5 heteroatoms. The zero-order valence-corrected chi connectivity index (χ0v) is 14.8. The molecule has 0 spiro atoms. The molecule has 0 radical (unpaired) electrons. The second kappa shape index (κ2) is 6.72. The van der Waals surface area contributed by atoms with Crippen LogP contribution in [0.5, 0.6) is 5.75 Å². The second-order valence-corrected chi connectivity index (χ2v) is 6.63. The van der Waals surface area contributed by atoms with Crippen LogP contribution in [0.15, 0.2) is 40.9 Å². The first-order valence-corrected chi connectivity index (χ1v) is 8.31. The highest BCUT2D eigenvalue weighted by Crippen LogP contribution is 2.26. The number of amides is 1. The van der Waals surface area contributed by atoms with Crippen LogP contribution in [-0.4, -0.2) is 31.5 Å². The van der Waals surface area contributed by atoms with Gasteiger partial charge in [-0.3, -0.25) is 4.79 Å². The third-order valence-electron chi connectivity index (χ3n) is 4.08. The third-order valence-corrected chi connectivity index (χ3v) is 4.70. The zero-order valence-electron chi connectivity index (χ0n) is 13.2. The molecule has 0 aliphatic carbocycles. The Kier molecular flexibility index (Phi) is 4.68. The first-order valence-electron chi connectivity index (χ1n) is 7.52. The van der Waals surface area contributed by atoms with Crippen molar-refractivity contribution in [3.05, 3.63) is 57.6 Å². The summed E-state index contributed by atoms with van der Waals surface area (Å²) >= 11 is 3.41. The summed E-state index contributed by atoms with van der Waals surface area (Å²) in [6.45, 7) is 2.01. The number of carbonyl (C=O) groups is 1. The van der Waals surface area contributed by atoms with E-state index in [9.17, 15) is 4.79 Å². The Morgan fingerprint density at radius 3 is 2.78 bits per heavy atom. The number of rotatable bonds is 3. The molecule has 3 rings (SSSR count). The molecule has 23 heavy (non-hydrogen) atoms. The molecule has 120 valence electrons. The second-order valence-electron chi connectivity index (χ2n) is 5.77. The van der Waals surface area contributed by atoms with Crippen molar-refractivity contribution in [2.45, 2.75) is 13.0 Å². The van der Waals surface area contributed by atoms with E-state index < -0.39 is 0 Å². The topological polar surface area (TPSA) is 41.6 Å². The van der Waals surface area contributed by atoms with Gasteiger partial charge >= 0.3 is 0 Å². The van der Waals surface area contributed by atoms with Gasteiger partial charge in [0.25, 0.3) is 5.91 Å². The number of nitrogens with zero attached hydrogens (tertiary/aromatic N) is 1. The number of nitrogens with one attached hydrogen (secondary N) is 1. The number of methoxy groups -OCH3 is 1. The number of carbonyl (C=O) groups excluding carboxylic acids is 1. The van der Waals surface area contributed by atoms with Gasteiger partial charge in [0.1, 0.15) is 5.75 Å². The molecule has 0 unspecified atom stereocenters. The Balaban J connectivity index is 1.78. The number of anilines is 1. The predicted octanol–water partition coefficient (Wildman–Crippen LogP) is 3.70. The fourth-order valence-electron chi connectivity index (χ4n) is 2.79. The van der Waals surface area contributed by atoms with Crippen molar-refractivity contribution >= 4 is 27.5 Å². The molecule has 1 amide bonds. The fraction of sp³-hybridized carbons (Fsp3) is 0.278. The Morgan fingerprint density at radius 2 is 2.04 bits per heavy atom. The van der Waals surface area contributed by atoms with E-state index in [0.717, 1.165) is 29.7 Å². The molecule has 2 aromatic rings. The van der Waals surface area contributed by atoms with Gasteiger partial charge < -0.3 is 15.0 Å². The number of hydrogen-bond acceptors (Lipinski definition) is 3. The minimum atomic E-state index is -0.127. The SMILES string of the molecule is COc1ccc(C(=O)Nc2ccc3c(c2)CN(C)CC3)cc1Br. The molecule has 1 aliphatic heterocycles. The summed E-state index contributed by atoms with van der Waals surface area (Å²) in [6, 6.07) is 11.5. The van der Waals surface area contributed by atoms with Crippen molar-refractivity contribution in [1.29, 1.82) is 0 Å². The molecule has 1 heterocycles. The van der Waals surface area contributed by atoms with Crippen molar-refractivity contribution in [2.24, 2.45) is 0 Å². The lowest BCUT2D eigenvalue weighted by Gasteiger charge is -2.25. The molecule has 0 saturated carbocycles. The minimum absolute atomic E-state index is 0.127. The van der Waals surface area contributed by atoms with E-state index in [1.54, 1.807) is 25.3 Å². The summed E-state index contributed by atoms with van der Waals surface area (Å²) < 4.78 is 5.95. The highest BCUT2D eigenvalue weighted by molar-refractivity contribution is 9.10. The largest absolute Gasteiger partial charge is 0.496 e. The quantitative estimate of drug-likeness (QED) is 0.890. The Hall–Kier alpha value is -1.85. The van der Waals surface area contributed by atoms with E-state index in [0.29, 0.717) is 11.3 Å². The summed E-state index contributed by atoms with van der Waals surface area (Å²) in [4.78, 5) is 14.7. The van der Waals surface area contributed by atoms with Crippen LogP contribution in [0.2, 0.25) is 0 Å². The van der Waals surface area contributed by atoms with Gasteiger partial charge in [-0.25, -0.2) is 0 Å². The minimum Gasteiger partial charge on any atom is -0.496 e. The molecule has 1 aliphatic rings. The van der Waals surface area contributed by atoms with Gasteiger partial charge in [-0.15, -0.1) is 0 Å². The van der Waals surface area contributed by atoms with Gasteiger partial charge in [0, 0.05) is 24.3 Å². The lowest BCUT2D eigenvalue weighted by molar-refractivity contribution is 0.102. The molecular weight excluding hydrogens is 356 g/mol. The monoisotopic (exact) mass is 374 g/mol. The van der Waals surface area contributed by atoms with Gasteiger partial charge in [0.05, 0.1) is 11.6 Å². The smallest absolute Gasteiger partial charge is 0.255 e. The molecule has 4 nitrogen and oxygen atoms in total. The molecular formula is C18H19BrN2O2. The summed E-state index contributed by atoms with van der Waals surface area (Å²) in [7, 11) is 3.72. The van der Waals surface area contributed by atoms with Crippen LogP contribution in [0.4, 0.5) is 5.69 Å². The average Bonchev–Trinajstić information content (AvgIpc) is 2.54. The molecule has 0 fully saturated rings. The first kappa shape index (κ1) is 16.0. The molecule has 0 saturated heterocycles. The number of benzene rings is 2. The van der Waals surface area contributed by atoms with Crippen LogP contribution in [-0.2, 0) is 13.0 Å². The normalized spacial score (nSPS) is 14.2. The summed E-state index contributed by atoms with van der Waals surface area (Å²) in [6.07, 6.45) is 1.06. The van der Waals surface area contributed by atoms with E-state index in [2.05, 4.69) is 45.3 Å². The van der Waals surface area contributed by atoms with Crippen molar-refractivity contribution in [3.8, 4) is 5.75 Å².